The molecule has 2 aromatic carbocycles. The molecule has 0 N–H and O–H groups in total. The highest BCUT2D eigenvalue weighted by molar-refractivity contribution is 5.82. The molecule has 0 fully saturated rings. The number of ether oxygens (including phenoxy) is 4. The molecule has 7 nitrogen and oxygen atoms in total. The second-order valence-corrected chi connectivity index (χ2v) is 5.36. The highest BCUT2D eigenvalue weighted by Crippen LogP contribution is 2.43. The fourth-order valence-corrected chi connectivity index (χ4v) is 2.54. The van der Waals surface area contributed by atoms with Crippen molar-refractivity contribution in [2.24, 2.45) is 0 Å². The van der Waals surface area contributed by atoms with Crippen molar-refractivity contribution in [3.05, 3.63) is 63.3 Å². The van der Waals surface area contributed by atoms with Crippen molar-refractivity contribution in [3.8, 4) is 23.0 Å². The number of hydrogen-bond donors (Lipinski definition) is 0. The van der Waals surface area contributed by atoms with E-state index in [-0.39, 0.29) is 0 Å². The second-order valence-electron chi connectivity index (χ2n) is 5.36. The summed E-state index contributed by atoms with van der Waals surface area (Å²) in [5, 5.41) is 10.8. The van der Waals surface area contributed by atoms with Crippen LogP contribution in [0.2, 0.25) is 0 Å². The lowest BCUT2D eigenvalue weighted by atomic mass is 10.0. The van der Waals surface area contributed by atoms with Gasteiger partial charge in [0.15, 0.2) is 11.5 Å². The van der Waals surface area contributed by atoms with Crippen molar-refractivity contribution in [2.45, 2.75) is 0 Å². The van der Waals surface area contributed by atoms with E-state index in [0.29, 0.717) is 28.4 Å². The fourth-order valence-electron chi connectivity index (χ4n) is 2.54. The van der Waals surface area contributed by atoms with Crippen LogP contribution < -0.4 is 18.9 Å². The van der Waals surface area contributed by atoms with Gasteiger partial charge in [-0.15, -0.1) is 0 Å². The Morgan fingerprint density at radius 1 is 0.852 bits per heavy atom. The zero-order valence-electron chi connectivity index (χ0n) is 15.6. The van der Waals surface area contributed by atoms with Crippen LogP contribution in [-0.4, -0.2) is 33.4 Å². The van der Waals surface area contributed by atoms with Crippen LogP contribution in [0.3, 0.4) is 0 Å². The molecule has 0 aliphatic heterocycles. The van der Waals surface area contributed by atoms with Gasteiger partial charge in [0.25, 0.3) is 0 Å². The number of nitrogens with zero attached hydrogens (tertiary/aromatic N) is 1. The number of hydrogen-bond acceptors (Lipinski definition) is 6. The maximum atomic E-state index is 10.8. The summed E-state index contributed by atoms with van der Waals surface area (Å²) in [6.45, 7) is 0. The van der Waals surface area contributed by atoms with Gasteiger partial charge >= 0.3 is 0 Å². The molecule has 0 unspecified atom stereocenters. The van der Waals surface area contributed by atoms with Gasteiger partial charge in [0.05, 0.1) is 33.4 Å². The summed E-state index contributed by atoms with van der Waals surface area (Å²) in [6.07, 6.45) is 5.93. The summed E-state index contributed by atoms with van der Waals surface area (Å²) >= 11 is 0. The smallest absolute Gasteiger partial charge is 0.235 e. The van der Waals surface area contributed by atoms with Gasteiger partial charge < -0.3 is 18.9 Å². The third-order valence-electron chi connectivity index (χ3n) is 3.83. The van der Waals surface area contributed by atoms with Crippen molar-refractivity contribution in [1.29, 1.82) is 0 Å². The highest BCUT2D eigenvalue weighted by atomic mass is 16.6. The molecule has 0 radical (unpaired) electrons. The van der Waals surface area contributed by atoms with Crippen LogP contribution in [0, 0.1) is 10.1 Å². The van der Waals surface area contributed by atoms with Gasteiger partial charge in [0.1, 0.15) is 5.75 Å². The van der Waals surface area contributed by atoms with Crippen LogP contribution in [-0.2, 0) is 0 Å². The number of benzene rings is 2. The van der Waals surface area contributed by atoms with Gasteiger partial charge in [-0.25, -0.2) is 0 Å². The van der Waals surface area contributed by atoms with Gasteiger partial charge in [0, 0.05) is 11.6 Å². The van der Waals surface area contributed by atoms with Crippen LogP contribution in [0.1, 0.15) is 16.7 Å². The van der Waals surface area contributed by atoms with E-state index in [2.05, 4.69) is 0 Å². The lowest BCUT2D eigenvalue weighted by Gasteiger charge is -2.16. The summed E-state index contributed by atoms with van der Waals surface area (Å²) < 4.78 is 21.4. The summed E-state index contributed by atoms with van der Waals surface area (Å²) in [6, 6.07) is 9.15. The first-order chi connectivity index (χ1) is 13.0. The normalized spacial score (nSPS) is 11.0. The predicted octanol–water partition coefficient (Wildman–Crippen LogP) is 4.14. The number of methoxy groups -OCH3 is 4. The van der Waals surface area contributed by atoms with E-state index in [1.54, 1.807) is 13.2 Å². The summed E-state index contributed by atoms with van der Waals surface area (Å²) in [5.41, 5.74) is 2.12. The van der Waals surface area contributed by atoms with Crippen molar-refractivity contribution >= 4 is 18.2 Å². The molecule has 0 saturated heterocycles. The summed E-state index contributed by atoms with van der Waals surface area (Å²) in [5.74, 6) is 2.00. The molecular formula is C20H21NO6. The average Bonchev–Trinajstić information content (AvgIpc) is 2.69. The molecule has 0 bridgehead atoms. The number of rotatable bonds is 8. The predicted molar refractivity (Wildman–Crippen MR) is 104 cm³/mol. The first-order valence-electron chi connectivity index (χ1n) is 8.00. The zero-order valence-corrected chi connectivity index (χ0v) is 15.6. The van der Waals surface area contributed by atoms with Crippen LogP contribution in [0.5, 0.6) is 23.0 Å². The minimum absolute atomic E-state index is 0.410. The molecule has 0 aliphatic rings. The van der Waals surface area contributed by atoms with Gasteiger partial charge in [-0.1, -0.05) is 18.2 Å². The van der Waals surface area contributed by atoms with E-state index in [1.165, 1.54) is 27.4 Å². The topological polar surface area (TPSA) is 80.1 Å². The first kappa shape index (κ1) is 19.8. The molecule has 0 aliphatic carbocycles. The Balaban J connectivity index is 2.58. The molecule has 142 valence electrons. The Morgan fingerprint density at radius 3 is 2.04 bits per heavy atom. The van der Waals surface area contributed by atoms with Crippen molar-refractivity contribution in [2.75, 3.05) is 28.4 Å². The lowest BCUT2D eigenvalue weighted by molar-refractivity contribution is -0.400. The molecule has 0 atom stereocenters. The molecule has 0 amide bonds. The fraction of sp³-hybridized carbons (Fsp3) is 0.200. The Labute approximate surface area is 157 Å². The maximum Gasteiger partial charge on any atom is 0.235 e. The van der Waals surface area contributed by atoms with E-state index in [9.17, 15) is 10.1 Å². The summed E-state index contributed by atoms with van der Waals surface area (Å²) in [4.78, 5) is 10.2. The number of nitro groups is 1. The van der Waals surface area contributed by atoms with E-state index >= 15 is 0 Å². The molecule has 7 heteroatoms. The third-order valence-corrected chi connectivity index (χ3v) is 3.83. The van der Waals surface area contributed by atoms with Crippen LogP contribution in [0.4, 0.5) is 0 Å². The Morgan fingerprint density at radius 2 is 1.52 bits per heavy atom. The average molecular weight is 371 g/mol. The molecule has 27 heavy (non-hydrogen) atoms. The lowest BCUT2D eigenvalue weighted by Crippen LogP contribution is -1.99. The zero-order chi connectivity index (χ0) is 19.8. The molecule has 2 rings (SSSR count). The van der Waals surface area contributed by atoms with Gasteiger partial charge in [0.2, 0.25) is 11.9 Å². The molecule has 0 heterocycles. The SMILES string of the molecule is COc1ccc(/C=C/c2c(/C=C/[N+](=O)[O-])cc(OC)c(OC)c2OC)cc1. The first-order valence-corrected chi connectivity index (χ1v) is 8.00. The van der Waals surface area contributed by atoms with Gasteiger partial charge in [-0.05, 0) is 35.4 Å². The minimum Gasteiger partial charge on any atom is -0.497 e. The van der Waals surface area contributed by atoms with Gasteiger partial charge in [-0.2, -0.15) is 0 Å². The molecule has 2 aromatic rings. The second kappa shape index (κ2) is 9.28. The Hall–Kier alpha value is -3.48. The molecule has 0 saturated carbocycles. The van der Waals surface area contributed by atoms with E-state index in [0.717, 1.165) is 17.5 Å². The van der Waals surface area contributed by atoms with Crippen molar-refractivity contribution in [1.82, 2.24) is 0 Å². The molecule has 0 aromatic heterocycles. The van der Waals surface area contributed by atoms with Crippen molar-refractivity contribution < 1.29 is 23.9 Å². The van der Waals surface area contributed by atoms with Crippen molar-refractivity contribution in [3.63, 3.8) is 0 Å². The quantitative estimate of drug-likeness (QED) is 0.394. The highest BCUT2D eigenvalue weighted by Gasteiger charge is 2.18. The van der Waals surface area contributed by atoms with Crippen LogP contribution in [0.15, 0.2) is 36.5 Å². The van der Waals surface area contributed by atoms with Crippen LogP contribution >= 0.6 is 0 Å². The maximum absolute atomic E-state index is 10.8. The largest absolute Gasteiger partial charge is 0.497 e. The Bertz CT molecular complexity index is 856. The van der Waals surface area contributed by atoms with E-state index < -0.39 is 4.92 Å². The standard InChI is InChI=1S/C20H21NO6/c1-24-16-8-5-14(6-9-16)7-10-17-15(11-12-21(22)23)13-18(25-2)20(27-4)19(17)26-3/h5-13H,1-4H3/b10-7+,12-11+. The third kappa shape index (κ3) is 4.78. The minimum atomic E-state index is -0.528. The summed E-state index contributed by atoms with van der Waals surface area (Å²) in [7, 11) is 6.10. The monoisotopic (exact) mass is 371 g/mol. The Kier molecular flexibility index (Phi) is 6.82. The molecular weight excluding hydrogens is 350 g/mol. The van der Waals surface area contributed by atoms with Gasteiger partial charge in [-0.3, -0.25) is 10.1 Å². The molecule has 0 spiro atoms. The van der Waals surface area contributed by atoms with Crippen LogP contribution in [0.25, 0.3) is 18.2 Å². The van der Waals surface area contributed by atoms with E-state index in [1.807, 2.05) is 36.4 Å². The van der Waals surface area contributed by atoms with E-state index in [4.69, 9.17) is 18.9 Å².